The number of benzene rings is 1. The van der Waals surface area contributed by atoms with Gasteiger partial charge in [-0.05, 0) is 29.8 Å². The molecule has 1 N–H and O–H groups in total. The predicted octanol–water partition coefficient (Wildman–Crippen LogP) is 2.61. The smallest absolute Gasteiger partial charge is 0.224 e. The Morgan fingerprint density at radius 2 is 2.03 bits per heavy atom. The Hall–Kier alpha value is -3.55. The fourth-order valence-electron chi connectivity index (χ4n) is 2.68. The van der Waals surface area contributed by atoms with Gasteiger partial charge in [0.1, 0.15) is 5.82 Å². The average molecular weight is 395 g/mol. The third-order valence-electron chi connectivity index (χ3n) is 4.19. The van der Waals surface area contributed by atoms with Crippen molar-refractivity contribution in [2.45, 2.75) is 13.0 Å². The van der Waals surface area contributed by atoms with Gasteiger partial charge in [-0.3, -0.25) is 9.78 Å². The van der Waals surface area contributed by atoms with Crippen LogP contribution >= 0.6 is 0 Å². The van der Waals surface area contributed by atoms with Crippen LogP contribution in [0.3, 0.4) is 0 Å². The number of pyridine rings is 1. The Labute approximate surface area is 168 Å². The number of hydrogen-bond acceptors (Lipinski definition) is 6. The van der Waals surface area contributed by atoms with E-state index >= 15 is 0 Å². The molecule has 8 heteroatoms. The predicted molar refractivity (Wildman–Crippen MR) is 108 cm³/mol. The van der Waals surface area contributed by atoms with Crippen LogP contribution in [-0.2, 0) is 17.8 Å². The van der Waals surface area contributed by atoms with E-state index in [1.54, 1.807) is 18.5 Å². The van der Waals surface area contributed by atoms with Crippen molar-refractivity contribution >= 4 is 11.7 Å². The summed E-state index contributed by atoms with van der Waals surface area (Å²) in [5.74, 6) is 0.674. The molecule has 150 valence electrons. The maximum Gasteiger partial charge on any atom is 0.224 e. The van der Waals surface area contributed by atoms with E-state index in [9.17, 15) is 9.18 Å². The molecule has 0 fully saturated rings. The molecule has 0 unspecified atom stereocenters. The fraction of sp³-hybridized carbons (Fsp3) is 0.238. The molecule has 1 aromatic carbocycles. The molecule has 0 bridgehead atoms. The van der Waals surface area contributed by atoms with Gasteiger partial charge in [-0.1, -0.05) is 6.07 Å². The van der Waals surface area contributed by atoms with Gasteiger partial charge in [-0.15, -0.1) is 0 Å². The van der Waals surface area contributed by atoms with Crippen LogP contribution in [0.5, 0.6) is 5.75 Å². The van der Waals surface area contributed by atoms with Gasteiger partial charge in [-0.2, -0.15) is 0 Å². The number of nitrogens with zero attached hydrogens (tertiary/aromatic N) is 4. The first-order chi connectivity index (χ1) is 14.0. The number of ether oxygens (including phenoxy) is 1. The molecule has 0 saturated heterocycles. The topological polar surface area (TPSA) is 80.2 Å². The SMILES string of the molecule is COc1ccc(CC(=O)NCc2cc(N(C)C)nc(-c3cccnc3)n2)cc1F. The summed E-state index contributed by atoms with van der Waals surface area (Å²) in [4.78, 5) is 27.3. The van der Waals surface area contributed by atoms with E-state index in [0.717, 1.165) is 11.4 Å². The second-order valence-electron chi connectivity index (χ2n) is 6.60. The van der Waals surface area contributed by atoms with Gasteiger partial charge in [0.2, 0.25) is 5.91 Å². The zero-order valence-corrected chi connectivity index (χ0v) is 16.5. The second kappa shape index (κ2) is 9.09. The van der Waals surface area contributed by atoms with Crippen LogP contribution < -0.4 is 15.0 Å². The second-order valence-corrected chi connectivity index (χ2v) is 6.60. The Morgan fingerprint density at radius 1 is 1.21 bits per heavy atom. The van der Waals surface area contributed by atoms with Crippen LogP contribution in [0.4, 0.5) is 10.2 Å². The quantitative estimate of drug-likeness (QED) is 0.662. The number of amides is 1. The molecule has 3 rings (SSSR count). The number of nitrogens with one attached hydrogen (secondary N) is 1. The normalized spacial score (nSPS) is 10.5. The van der Waals surface area contributed by atoms with Crippen LogP contribution in [0.15, 0.2) is 48.8 Å². The number of aromatic nitrogens is 3. The lowest BCUT2D eigenvalue weighted by molar-refractivity contribution is -0.120. The van der Waals surface area contributed by atoms with Crippen molar-refractivity contribution < 1.29 is 13.9 Å². The first kappa shape index (κ1) is 20.2. The zero-order valence-electron chi connectivity index (χ0n) is 16.5. The van der Waals surface area contributed by atoms with Crippen molar-refractivity contribution in [2.75, 3.05) is 26.1 Å². The van der Waals surface area contributed by atoms with E-state index in [1.165, 1.54) is 19.2 Å². The molecule has 0 saturated carbocycles. The lowest BCUT2D eigenvalue weighted by atomic mass is 10.1. The Morgan fingerprint density at radius 3 is 2.69 bits per heavy atom. The summed E-state index contributed by atoms with van der Waals surface area (Å²) in [5, 5.41) is 2.82. The maximum atomic E-state index is 13.8. The van der Waals surface area contributed by atoms with Gasteiger partial charge in [-0.25, -0.2) is 14.4 Å². The number of methoxy groups -OCH3 is 1. The molecule has 0 aliphatic rings. The highest BCUT2D eigenvalue weighted by atomic mass is 19.1. The summed E-state index contributed by atoms with van der Waals surface area (Å²) in [6.45, 7) is 0.230. The molecular weight excluding hydrogens is 373 g/mol. The lowest BCUT2D eigenvalue weighted by Gasteiger charge is -2.14. The number of halogens is 1. The average Bonchev–Trinajstić information content (AvgIpc) is 2.73. The van der Waals surface area contributed by atoms with Crippen molar-refractivity contribution in [3.05, 3.63) is 65.9 Å². The minimum Gasteiger partial charge on any atom is -0.494 e. The molecule has 1 amide bonds. The molecule has 2 aromatic heterocycles. The summed E-state index contributed by atoms with van der Waals surface area (Å²) in [6.07, 6.45) is 3.43. The third kappa shape index (κ3) is 5.25. The summed E-state index contributed by atoms with van der Waals surface area (Å²) in [6, 6.07) is 9.97. The molecule has 0 atom stereocenters. The van der Waals surface area contributed by atoms with Crippen molar-refractivity contribution in [1.29, 1.82) is 0 Å². The maximum absolute atomic E-state index is 13.8. The largest absolute Gasteiger partial charge is 0.494 e. The lowest BCUT2D eigenvalue weighted by Crippen LogP contribution is -2.25. The molecule has 0 spiro atoms. The van der Waals surface area contributed by atoms with Gasteiger partial charge in [0, 0.05) is 38.1 Å². The molecule has 2 heterocycles. The Balaban J connectivity index is 1.71. The first-order valence-corrected chi connectivity index (χ1v) is 9.01. The molecule has 7 nitrogen and oxygen atoms in total. The van der Waals surface area contributed by atoms with Gasteiger partial charge in [0.25, 0.3) is 0 Å². The first-order valence-electron chi connectivity index (χ1n) is 9.01. The minimum atomic E-state index is -0.495. The molecular formula is C21H22FN5O2. The minimum absolute atomic E-state index is 0.0575. The van der Waals surface area contributed by atoms with E-state index in [0.29, 0.717) is 17.1 Å². The molecule has 3 aromatic rings. The van der Waals surface area contributed by atoms with Crippen molar-refractivity contribution in [2.24, 2.45) is 0 Å². The van der Waals surface area contributed by atoms with Crippen LogP contribution in [-0.4, -0.2) is 42.1 Å². The van der Waals surface area contributed by atoms with E-state index in [2.05, 4.69) is 20.3 Å². The summed E-state index contributed by atoms with van der Waals surface area (Å²) < 4.78 is 18.7. The highest BCUT2D eigenvalue weighted by Gasteiger charge is 2.11. The van der Waals surface area contributed by atoms with E-state index in [1.807, 2.05) is 37.2 Å². The van der Waals surface area contributed by atoms with Crippen molar-refractivity contribution in [3.63, 3.8) is 0 Å². The van der Waals surface area contributed by atoms with Crippen molar-refractivity contribution in [3.8, 4) is 17.1 Å². The van der Waals surface area contributed by atoms with E-state index in [4.69, 9.17) is 4.74 Å². The summed E-state index contributed by atoms with van der Waals surface area (Å²) in [5.41, 5.74) is 2.02. The van der Waals surface area contributed by atoms with E-state index < -0.39 is 5.82 Å². The molecule has 0 aliphatic heterocycles. The highest BCUT2D eigenvalue weighted by Crippen LogP contribution is 2.19. The Kier molecular flexibility index (Phi) is 6.33. The van der Waals surface area contributed by atoms with Crippen molar-refractivity contribution in [1.82, 2.24) is 20.3 Å². The number of carbonyl (C=O) groups is 1. The monoisotopic (exact) mass is 395 g/mol. The van der Waals surface area contributed by atoms with Gasteiger partial charge in [0.05, 0.1) is 25.8 Å². The highest BCUT2D eigenvalue weighted by molar-refractivity contribution is 5.78. The van der Waals surface area contributed by atoms with E-state index in [-0.39, 0.29) is 24.6 Å². The van der Waals surface area contributed by atoms with Crippen LogP contribution in [0.25, 0.3) is 11.4 Å². The van der Waals surface area contributed by atoms with Crippen LogP contribution in [0.2, 0.25) is 0 Å². The van der Waals surface area contributed by atoms with Crippen LogP contribution in [0, 0.1) is 5.82 Å². The molecule has 0 aliphatic carbocycles. The van der Waals surface area contributed by atoms with Gasteiger partial charge in [0.15, 0.2) is 17.4 Å². The number of carbonyl (C=O) groups excluding carboxylic acids is 1. The zero-order chi connectivity index (χ0) is 20.8. The standard InChI is InChI=1S/C21H22FN5O2/c1-27(2)19-11-16(25-21(26-19)15-5-4-8-23-12-15)13-24-20(28)10-14-6-7-18(29-3)17(22)9-14/h4-9,11-12H,10,13H2,1-3H3,(H,24,28). The number of rotatable bonds is 7. The fourth-order valence-corrected chi connectivity index (χ4v) is 2.68. The van der Waals surface area contributed by atoms with Crippen LogP contribution in [0.1, 0.15) is 11.3 Å². The Bertz CT molecular complexity index is 996. The number of hydrogen-bond donors (Lipinski definition) is 1. The molecule has 0 radical (unpaired) electrons. The van der Waals surface area contributed by atoms with Gasteiger partial charge >= 0.3 is 0 Å². The summed E-state index contributed by atoms with van der Waals surface area (Å²) >= 11 is 0. The molecule has 29 heavy (non-hydrogen) atoms. The van der Waals surface area contributed by atoms with Gasteiger partial charge < -0.3 is 15.0 Å². The number of anilines is 1. The summed E-state index contributed by atoms with van der Waals surface area (Å²) in [7, 11) is 5.17. The third-order valence-corrected chi connectivity index (χ3v) is 4.19.